The first kappa shape index (κ1) is 19.0. The van der Waals surface area contributed by atoms with Crippen LogP contribution < -0.4 is 4.74 Å². The topological polar surface area (TPSA) is 9.23 Å². The molecule has 0 aliphatic rings. The third kappa shape index (κ3) is 8.25. The van der Waals surface area contributed by atoms with Crippen molar-refractivity contribution in [2.45, 2.75) is 64.7 Å². The van der Waals surface area contributed by atoms with Gasteiger partial charge in [-0.05, 0) is 42.5 Å². The van der Waals surface area contributed by atoms with Gasteiger partial charge in [0.25, 0.3) is 0 Å². The molecule has 3 heteroatoms. The highest BCUT2D eigenvalue weighted by Crippen LogP contribution is 2.29. The van der Waals surface area contributed by atoms with E-state index in [0.717, 1.165) is 28.6 Å². The average Bonchev–Trinajstić information content (AvgIpc) is 2.46. The molecule has 0 aromatic heterocycles. The van der Waals surface area contributed by atoms with Gasteiger partial charge in [-0.25, -0.2) is 0 Å². The molecule has 0 spiro atoms. The molecule has 0 aliphatic carbocycles. The molecule has 0 aliphatic heterocycles. The Labute approximate surface area is 147 Å². The normalized spacial score (nSPS) is 11.1. The standard InChI is InChI=1S/C18H28Br2O/c1-15(2)17-14-16(20)10-11-18(17)21-13-9-7-5-3-4-6-8-12-19/h10-11,14-15H,3-9,12-13H2,1-2H3. The fourth-order valence-corrected chi connectivity index (χ4v) is 3.14. The van der Waals surface area contributed by atoms with Gasteiger partial charge in [-0.2, -0.15) is 0 Å². The van der Waals surface area contributed by atoms with E-state index in [1.165, 1.54) is 44.1 Å². The molecule has 0 N–H and O–H groups in total. The molecule has 120 valence electrons. The summed E-state index contributed by atoms with van der Waals surface area (Å²) in [4.78, 5) is 0. The number of unbranched alkanes of at least 4 members (excludes halogenated alkanes) is 6. The molecular weight excluding hydrogens is 392 g/mol. The average molecular weight is 420 g/mol. The van der Waals surface area contributed by atoms with E-state index in [2.05, 4.69) is 63.9 Å². The van der Waals surface area contributed by atoms with Crippen molar-refractivity contribution in [3.8, 4) is 5.75 Å². The molecule has 21 heavy (non-hydrogen) atoms. The van der Waals surface area contributed by atoms with Crippen molar-refractivity contribution in [1.82, 2.24) is 0 Å². The maximum absolute atomic E-state index is 5.97. The van der Waals surface area contributed by atoms with Crippen LogP contribution in [0.3, 0.4) is 0 Å². The summed E-state index contributed by atoms with van der Waals surface area (Å²) < 4.78 is 7.10. The summed E-state index contributed by atoms with van der Waals surface area (Å²) >= 11 is 7.01. The largest absolute Gasteiger partial charge is 0.493 e. The van der Waals surface area contributed by atoms with Crippen LogP contribution in [0.5, 0.6) is 5.75 Å². The van der Waals surface area contributed by atoms with E-state index < -0.39 is 0 Å². The second-order valence-electron chi connectivity index (χ2n) is 5.85. The van der Waals surface area contributed by atoms with E-state index in [1.807, 2.05) is 0 Å². The molecule has 0 amide bonds. The molecule has 0 fully saturated rings. The molecule has 0 atom stereocenters. The van der Waals surface area contributed by atoms with E-state index in [9.17, 15) is 0 Å². The Morgan fingerprint density at radius 3 is 2.19 bits per heavy atom. The van der Waals surface area contributed by atoms with Gasteiger partial charge < -0.3 is 4.74 Å². The molecule has 0 bridgehead atoms. The monoisotopic (exact) mass is 418 g/mol. The summed E-state index contributed by atoms with van der Waals surface area (Å²) in [6.07, 6.45) is 9.18. The van der Waals surface area contributed by atoms with Gasteiger partial charge in [-0.15, -0.1) is 0 Å². The maximum Gasteiger partial charge on any atom is 0.122 e. The minimum Gasteiger partial charge on any atom is -0.493 e. The quantitative estimate of drug-likeness (QED) is 0.275. The lowest BCUT2D eigenvalue weighted by Gasteiger charge is -2.14. The first-order chi connectivity index (χ1) is 10.1. The minimum absolute atomic E-state index is 0.493. The Kier molecular flexibility index (Phi) is 10.5. The first-order valence-corrected chi connectivity index (χ1v) is 10.0. The number of hydrogen-bond donors (Lipinski definition) is 0. The second-order valence-corrected chi connectivity index (χ2v) is 7.56. The van der Waals surface area contributed by atoms with Crippen LogP contribution in [-0.2, 0) is 0 Å². The predicted octanol–water partition coefficient (Wildman–Crippen LogP) is 7.08. The van der Waals surface area contributed by atoms with Crippen LogP contribution in [0.1, 0.15) is 70.3 Å². The van der Waals surface area contributed by atoms with Crippen molar-refractivity contribution in [3.05, 3.63) is 28.2 Å². The predicted molar refractivity (Wildman–Crippen MR) is 99.8 cm³/mol. The van der Waals surface area contributed by atoms with Gasteiger partial charge in [0.15, 0.2) is 0 Å². The number of rotatable bonds is 11. The van der Waals surface area contributed by atoms with Crippen molar-refractivity contribution >= 4 is 31.9 Å². The first-order valence-electron chi connectivity index (χ1n) is 8.13. The number of hydrogen-bond acceptors (Lipinski definition) is 1. The molecule has 0 radical (unpaired) electrons. The van der Waals surface area contributed by atoms with Gasteiger partial charge in [0.1, 0.15) is 5.75 Å². The molecule has 1 rings (SSSR count). The number of halogens is 2. The lowest BCUT2D eigenvalue weighted by atomic mass is 10.0. The summed E-state index contributed by atoms with van der Waals surface area (Å²) in [5.74, 6) is 1.54. The van der Waals surface area contributed by atoms with Crippen molar-refractivity contribution < 1.29 is 4.74 Å². The third-order valence-corrected chi connectivity index (χ3v) is 4.68. The second kappa shape index (κ2) is 11.5. The van der Waals surface area contributed by atoms with E-state index >= 15 is 0 Å². The number of benzene rings is 1. The van der Waals surface area contributed by atoms with Crippen LogP contribution in [-0.4, -0.2) is 11.9 Å². The molecule has 0 unspecified atom stereocenters. The summed E-state index contributed by atoms with van der Waals surface area (Å²) in [5.41, 5.74) is 1.29. The Morgan fingerprint density at radius 1 is 0.952 bits per heavy atom. The zero-order chi connectivity index (χ0) is 15.5. The van der Waals surface area contributed by atoms with Crippen LogP contribution in [0.15, 0.2) is 22.7 Å². The van der Waals surface area contributed by atoms with E-state index in [4.69, 9.17) is 4.74 Å². The molecule has 0 heterocycles. The third-order valence-electron chi connectivity index (χ3n) is 3.63. The number of alkyl halides is 1. The molecule has 0 saturated carbocycles. The summed E-state index contributed by atoms with van der Waals surface area (Å²) in [5, 5.41) is 1.15. The Bertz CT molecular complexity index is 391. The smallest absolute Gasteiger partial charge is 0.122 e. The molecule has 1 nitrogen and oxygen atoms in total. The fourth-order valence-electron chi connectivity index (χ4n) is 2.36. The molecule has 0 saturated heterocycles. The van der Waals surface area contributed by atoms with Crippen LogP contribution in [0.4, 0.5) is 0 Å². The zero-order valence-electron chi connectivity index (χ0n) is 13.3. The molecule has 1 aromatic carbocycles. The van der Waals surface area contributed by atoms with Gasteiger partial charge in [0.05, 0.1) is 6.61 Å². The van der Waals surface area contributed by atoms with E-state index in [-0.39, 0.29) is 0 Å². The maximum atomic E-state index is 5.97. The Balaban J connectivity index is 2.18. The van der Waals surface area contributed by atoms with Gasteiger partial charge in [0, 0.05) is 9.80 Å². The molecule has 1 aromatic rings. The van der Waals surface area contributed by atoms with Gasteiger partial charge in [-0.1, -0.05) is 77.8 Å². The van der Waals surface area contributed by atoms with Crippen LogP contribution >= 0.6 is 31.9 Å². The van der Waals surface area contributed by atoms with Gasteiger partial charge in [0.2, 0.25) is 0 Å². The SMILES string of the molecule is CC(C)c1cc(Br)ccc1OCCCCCCCCCBr. The summed E-state index contributed by atoms with van der Waals surface area (Å²) in [6.45, 7) is 5.26. The van der Waals surface area contributed by atoms with Crippen molar-refractivity contribution in [2.75, 3.05) is 11.9 Å². The van der Waals surface area contributed by atoms with E-state index in [0.29, 0.717) is 5.92 Å². The van der Waals surface area contributed by atoms with Crippen LogP contribution in [0.25, 0.3) is 0 Å². The molecular formula is C18H28Br2O. The number of ether oxygens (including phenoxy) is 1. The van der Waals surface area contributed by atoms with Crippen LogP contribution in [0, 0.1) is 0 Å². The fraction of sp³-hybridized carbons (Fsp3) is 0.667. The summed E-state index contributed by atoms with van der Waals surface area (Å²) in [6, 6.07) is 6.31. The van der Waals surface area contributed by atoms with Crippen LogP contribution in [0.2, 0.25) is 0 Å². The van der Waals surface area contributed by atoms with Gasteiger partial charge >= 0.3 is 0 Å². The highest BCUT2D eigenvalue weighted by Gasteiger charge is 2.08. The van der Waals surface area contributed by atoms with E-state index in [1.54, 1.807) is 0 Å². The highest BCUT2D eigenvalue weighted by atomic mass is 79.9. The lowest BCUT2D eigenvalue weighted by molar-refractivity contribution is 0.300. The summed E-state index contributed by atoms with van der Waals surface area (Å²) in [7, 11) is 0. The van der Waals surface area contributed by atoms with Crippen molar-refractivity contribution in [2.24, 2.45) is 0 Å². The van der Waals surface area contributed by atoms with Crippen molar-refractivity contribution in [3.63, 3.8) is 0 Å². The van der Waals surface area contributed by atoms with Gasteiger partial charge in [-0.3, -0.25) is 0 Å². The highest BCUT2D eigenvalue weighted by molar-refractivity contribution is 9.10. The lowest BCUT2D eigenvalue weighted by Crippen LogP contribution is -2.01. The zero-order valence-corrected chi connectivity index (χ0v) is 16.5. The van der Waals surface area contributed by atoms with Crippen molar-refractivity contribution in [1.29, 1.82) is 0 Å². The minimum atomic E-state index is 0.493. The Morgan fingerprint density at radius 2 is 1.57 bits per heavy atom. The Hall–Kier alpha value is -0.0200.